The van der Waals surface area contributed by atoms with E-state index in [4.69, 9.17) is 10.7 Å². The Morgan fingerprint density at radius 1 is 1.39 bits per heavy atom. The zero-order valence-corrected chi connectivity index (χ0v) is 14.4. The number of amides is 1. The number of hydrogen-bond acceptors (Lipinski definition) is 5. The summed E-state index contributed by atoms with van der Waals surface area (Å²) in [6.07, 6.45) is 1.26. The molecule has 4 rings (SSSR count). The van der Waals surface area contributed by atoms with Gasteiger partial charge < -0.3 is 11.1 Å². The highest BCUT2D eigenvalue weighted by molar-refractivity contribution is 7.22. The van der Waals surface area contributed by atoms with Crippen molar-refractivity contribution in [3.05, 3.63) is 39.6 Å². The predicted octanol–water partition coefficient (Wildman–Crippen LogP) is 3.26. The number of fused-ring (bicyclic) bond motifs is 2. The Morgan fingerprint density at radius 3 is 3.00 bits per heavy atom. The number of benzene rings is 1. The van der Waals surface area contributed by atoms with E-state index >= 15 is 0 Å². The van der Waals surface area contributed by atoms with Gasteiger partial charge in [0.2, 0.25) is 5.91 Å². The second-order valence-corrected chi connectivity index (χ2v) is 7.97. The fourth-order valence-electron chi connectivity index (χ4n) is 3.15. The molecule has 0 radical (unpaired) electrons. The molecule has 118 valence electrons. The molecule has 1 aliphatic rings. The second-order valence-electron chi connectivity index (χ2n) is 5.80. The highest BCUT2D eigenvalue weighted by Crippen LogP contribution is 2.43. The van der Waals surface area contributed by atoms with Gasteiger partial charge >= 0.3 is 0 Å². The Morgan fingerprint density at radius 2 is 2.22 bits per heavy atom. The van der Waals surface area contributed by atoms with E-state index in [9.17, 15) is 4.79 Å². The zero-order valence-electron chi connectivity index (χ0n) is 12.8. The number of aromatic nitrogens is 1. The third-order valence-electron chi connectivity index (χ3n) is 4.17. The summed E-state index contributed by atoms with van der Waals surface area (Å²) in [7, 11) is 0. The number of rotatable bonds is 3. The van der Waals surface area contributed by atoms with E-state index < -0.39 is 0 Å². The SMILES string of the molecule is CC1NCCc2c1sc(CC(N)=O)c2-c1nc2ccccc2s1. The van der Waals surface area contributed by atoms with Crippen molar-refractivity contribution in [2.24, 2.45) is 5.73 Å². The molecule has 0 saturated heterocycles. The molecule has 3 N–H and O–H groups in total. The summed E-state index contributed by atoms with van der Waals surface area (Å²) in [4.78, 5) is 18.7. The molecule has 0 spiro atoms. The minimum atomic E-state index is -0.286. The van der Waals surface area contributed by atoms with Crippen LogP contribution < -0.4 is 11.1 Å². The first-order chi connectivity index (χ1) is 11.1. The molecule has 1 aliphatic heterocycles. The Balaban J connectivity index is 1.93. The number of nitrogens with one attached hydrogen (secondary N) is 1. The Bertz CT molecular complexity index is 864. The van der Waals surface area contributed by atoms with E-state index in [1.54, 1.807) is 22.7 Å². The molecule has 1 amide bonds. The van der Waals surface area contributed by atoms with Crippen LogP contribution in [0.25, 0.3) is 20.8 Å². The highest BCUT2D eigenvalue weighted by Gasteiger charge is 2.27. The van der Waals surface area contributed by atoms with Crippen molar-refractivity contribution in [3.63, 3.8) is 0 Å². The van der Waals surface area contributed by atoms with Crippen molar-refractivity contribution in [1.82, 2.24) is 10.3 Å². The van der Waals surface area contributed by atoms with Gasteiger partial charge in [-0.15, -0.1) is 22.7 Å². The van der Waals surface area contributed by atoms with Crippen LogP contribution in [-0.4, -0.2) is 17.4 Å². The van der Waals surface area contributed by atoms with Crippen LogP contribution in [0.1, 0.15) is 28.3 Å². The molecule has 4 nitrogen and oxygen atoms in total. The lowest BCUT2D eigenvalue weighted by molar-refractivity contribution is -0.117. The summed E-state index contributed by atoms with van der Waals surface area (Å²) in [6, 6.07) is 8.48. The number of primary amides is 1. The molecule has 0 bridgehead atoms. The van der Waals surface area contributed by atoms with E-state index in [1.807, 2.05) is 18.2 Å². The number of thiazole rings is 1. The summed E-state index contributed by atoms with van der Waals surface area (Å²) in [6.45, 7) is 3.13. The van der Waals surface area contributed by atoms with Gasteiger partial charge in [-0.05, 0) is 37.6 Å². The summed E-state index contributed by atoms with van der Waals surface area (Å²) in [5.41, 5.74) is 8.98. The van der Waals surface area contributed by atoms with E-state index in [0.29, 0.717) is 6.04 Å². The minimum Gasteiger partial charge on any atom is -0.369 e. The lowest BCUT2D eigenvalue weighted by Crippen LogP contribution is -2.26. The van der Waals surface area contributed by atoms with Crippen molar-refractivity contribution in [3.8, 4) is 10.6 Å². The Labute approximate surface area is 142 Å². The molecule has 3 heterocycles. The van der Waals surface area contributed by atoms with Crippen molar-refractivity contribution in [2.45, 2.75) is 25.8 Å². The molecule has 0 saturated carbocycles. The molecule has 2 aromatic heterocycles. The molecule has 6 heteroatoms. The molecule has 1 aromatic carbocycles. The topological polar surface area (TPSA) is 68.0 Å². The third-order valence-corrected chi connectivity index (χ3v) is 6.64. The molecule has 0 aliphatic carbocycles. The van der Waals surface area contributed by atoms with E-state index in [0.717, 1.165) is 33.9 Å². The van der Waals surface area contributed by atoms with E-state index in [2.05, 4.69) is 18.3 Å². The monoisotopic (exact) mass is 343 g/mol. The molecule has 1 unspecified atom stereocenters. The first kappa shape index (κ1) is 14.8. The largest absolute Gasteiger partial charge is 0.369 e. The Hall–Kier alpha value is -1.76. The summed E-state index contributed by atoms with van der Waals surface area (Å²) in [5.74, 6) is -0.286. The molecular weight excluding hydrogens is 326 g/mol. The van der Waals surface area contributed by atoms with Crippen LogP contribution in [0.4, 0.5) is 0 Å². The van der Waals surface area contributed by atoms with Gasteiger partial charge in [-0.1, -0.05) is 12.1 Å². The van der Waals surface area contributed by atoms with Crippen LogP contribution in [0.2, 0.25) is 0 Å². The molecule has 1 atom stereocenters. The van der Waals surface area contributed by atoms with Gasteiger partial charge in [0.05, 0.1) is 16.6 Å². The quantitative estimate of drug-likeness (QED) is 0.767. The third kappa shape index (κ3) is 2.56. The number of carbonyl (C=O) groups excluding carboxylic acids is 1. The lowest BCUT2D eigenvalue weighted by Gasteiger charge is -2.20. The van der Waals surface area contributed by atoms with Crippen molar-refractivity contribution >= 4 is 38.8 Å². The highest BCUT2D eigenvalue weighted by atomic mass is 32.1. The number of carbonyl (C=O) groups is 1. The number of nitrogens with zero attached hydrogens (tertiary/aromatic N) is 1. The lowest BCUT2D eigenvalue weighted by atomic mass is 9.98. The average Bonchev–Trinajstić information content (AvgIpc) is 3.07. The first-order valence-corrected chi connectivity index (χ1v) is 9.29. The van der Waals surface area contributed by atoms with Gasteiger partial charge in [0.25, 0.3) is 0 Å². The van der Waals surface area contributed by atoms with E-state index in [1.165, 1.54) is 15.1 Å². The first-order valence-electron chi connectivity index (χ1n) is 7.65. The normalized spacial score (nSPS) is 17.3. The van der Waals surface area contributed by atoms with Gasteiger partial charge in [-0.25, -0.2) is 4.98 Å². The van der Waals surface area contributed by atoms with Gasteiger partial charge in [0.1, 0.15) is 5.01 Å². The zero-order chi connectivity index (χ0) is 16.0. The fraction of sp³-hybridized carbons (Fsp3) is 0.294. The molecule has 23 heavy (non-hydrogen) atoms. The van der Waals surface area contributed by atoms with Crippen LogP contribution in [0.3, 0.4) is 0 Å². The number of para-hydroxylation sites is 1. The minimum absolute atomic E-state index is 0.286. The smallest absolute Gasteiger partial charge is 0.222 e. The predicted molar refractivity (Wildman–Crippen MR) is 96.0 cm³/mol. The summed E-state index contributed by atoms with van der Waals surface area (Å²) >= 11 is 3.40. The average molecular weight is 343 g/mol. The van der Waals surface area contributed by atoms with Gasteiger partial charge in [-0.2, -0.15) is 0 Å². The van der Waals surface area contributed by atoms with Gasteiger partial charge in [0.15, 0.2) is 0 Å². The van der Waals surface area contributed by atoms with Crippen LogP contribution in [0, 0.1) is 0 Å². The summed E-state index contributed by atoms with van der Waals surface area (Å²) < 4.78 is 1.18. The van der Waals surface area contributed by atoms with Crippen molar-refractivity contribution < 1.29 is 4.79 Å². The van der Waals surface area contributed by atoms with Crippen molar-refractivity contribution in [1.29, 1.82) is 0 Å². The van der Waals surface area contributed by atoms with E-state index in [-0.39, 0.29) is 12.3 Å². The Kier molecular flexibility index (Phi) is 3.67. The van der Waals surface area contributed by atoms with Crippen LogP contribution in [0.15, 0.2) is 24.3 Å². The van der Waals surface area contributed by atoms with Crippen LogP contribution >= 0.6 is 22.7 Å². The molecular formula is C17H17N3OS2. The van der Waals surface area contributed by atoms with Gasteiger partial charge in [-0.3, -0.25) is 4.79 Å². The standard InChI is InChI=1S/C17H17N3OS2/c1-9-16-10(6-7-19-9)15(13(22-16)8-14(18)21)17-20-11-4-2-3-5-12(11)23-17/h2-5,9,19H,6-8H2,1H3,(H2,18,21). The number of nitrogens with two attached hydrogens (primary N) is 1. The molecule has 3 aromatic rings. The van der Waals surface area contributed by atoms with Crippen LogP contribution in [-0.2, 0) is 17.6 Å². The maximum atomic E-state index is 11.5. The van der Waals surface area contributed by atoms with Gasteiger partial charge in [0, 0.05) is 21.4 Å². The second kappa shape index (κ2) is 5.70. The maximum absolute atomic E-state index is 11.5. The summed E-state index contributed by atoms with van der Waals surface area (Å²) in [5, 5.41) is 4.50. The molecule has 0 fully saturated rings. The van der Waals surface area contributed by atoms with Crippen molar-refractivity contribution in [2.75, 3.05) is 6.54 Å². The fourth-order valence-corrected chi connectivity index (χ4v) is 5.67. The maximum Gasteiger partial charge on any atom is 0.222 e. The van der Waals surface area contributed by atoms with Crippen LogP contribution in [0.5, 0.6) is 0 Å². The number of hydrogen-bond donors (Lipinski definition) is 2. The number of thiophene rings is 1.